The van der Waals surface area contributed by atoms with Crippen molar-refractivity contribution in [2.24, 2.45) is 0 Å². The van der Waals surface area contributed by atoms with Crippen LogP contribution in [0.25, 0.3) is 0 Å². The molecule has 5 heteroatoms. The fourth-order valence-corrected chi connectivity index (χ4v) is 0.731. The molecule has 13 heavy (non-hydrogen) atoms. The Hall–Kier alpha value is -0.940. The van der Waals surface area contributed by atoms with E-state index in [9.17, 15) is 9.59 Å². The van der Waals surface area contributed by atoms with Gasteiger partial charge in [0.25, 0.3) is 0 Å². The third-order valence-electron chi connectivity index (χ3n) is 1.42. The Kier molecular flexibility index (Phi) is 7.14. The van der Waals surface area contributed by atoms with E-state index in [-0.39, 0.29) is 25.0 Å². The topological polar surface area (TPSA) is 86.6 Å². The lowest BCUT2D eigenvalue weighted by molar-refractivity contribution is -0.124. The monoisotopic (exact) mass is 189 g/mol. The smallest absolute Gasteiger partial charge is 0.227 e. The van der Waals surface area contributed by atoms with Crippen molar-refractivity contribution < 1.29 is 19.8 Å². The minimum atomic E-state index is -0.148. The van der Waals surface area contributed by atoms with Gasteiger partial charge in [-0.05, 0) is 12.8 Å². The summed E-state index contributed by atoms with van der Waals surface area (Å²) in [6.45, 7) is 0.390. The van der Waals surface area contributed by atoms with Crippen LogP contribution in [0.3, 0.4) is 0 Å². The molecule has 0 bridgehead atoms. The maximum absolute atomic E-state index is 10.1. The van der Waals surface area contributed by atoms with Gasteiger partial charge in [0.05, 0.1) is 0 Å². The van der Waals surface area contributed by atoms with Gasteiger partial charge in [-0.15, -0.1) is 0 Å². The van der Waals surface area contributed by atoms with Crippen molar-refractivity contribution in [1.82, 2.24) is 5.32 Å². The van der Waals surface area contributed by atoms with Gasteiger partial charge in [0.1, 0.15) is 0 Å². The SMILES string of the molecule is O=C1CCC(=O)N1.OCCCCO. The van der Waals surface area contributed by atoms with Crippen LogP contribution in [0.4, 0.5) is 0 Å². The first kappa shape index (κ1) is 12.1. The summed E-state index contributed by atoms with van der Waals surface area (Å²) in [6, 6.07) is 0. The average Bonchev–Trinajstić information content (AvgIpc) is 2.47. The van der Waals surface area contributed by atoms with Gasteiger partial charge in [0.2, 0.25) is 11.8 Å². The van der Waals surface area contributed by atoms with Crippen molar-refractivity contribution in [3.05, 3.63) is 0 Å². The number of amides is 2. The number of aliphatic hydroxyl groups is 2. The van der Waals surface area contributed by atoms with E-state index in [0.29, 0.717) is 12.8 Å². The molecule has 0 aromatic heterocycles. The van der Waals surface area contributed by atoms with Crippen molar-refractivity contribution in [2.45, 2.75) is 25.7 Å². The lowest BCUT2D eigenvalue weighted by atomic mass is 10.3. The highest BCUT2D eigenvalue weighted by Gasteiger charge is 2.15. The number of imide groups is 1. The Morgan fingerprint density at radius 3 is 1.54 bits per heavy atom. The largest absolute Gasteiger partial charge is 0.396 e. The predicted octanol–water partition coefficient (Wildman–Crippen LogP) is -0.826. The molecule has 1 aliphatic rings. The second kappa shape index (κ2) is 7.70. The van der Waals surface area contributed by atoms with E-state index in [2.05, 4.69) is 5.32 Å². The Morgan fingerprint density at radius 1 is 1.00 bits per heavy atom. The highest BCUT2D eigenvalue weighted by molar-refractivity contribution is 6.01. The number of unbranched alkanes of at least 4 members (excludes halogenated alkanes) is 1. The molecule has 0 atom stereocenters. The molecule has 5 nitrogen and oxygen atoms in total. The number of aliphatic hydroxyl groups excluding tert-OH is 2. The van der Waals surface area contributed by atoms with E-state index in [1.54, 1.807) is 0 Å². The number of carbonyl (C=O) groups is 2. The molecule has 2 amide bonds. The minimum Gasteiger partial charge on any atom is -0.396 e. The Bertz CT molecular complexity index is 152. The molecule has 3 N–H and O–H groups in total. The molecular weight excluding hydrogens is 174 g/mol. The number of rotatable bonds is 3. The molecule has 0 spiro atoms. The first-order valence-corrected chi connectivity index (χ1v) is 4.25. The van der Waals surface area contributed by atoms with Gasteiger partial charge in [0, 0.05) is 26.1 Å². The van der Waals surface area contributed by atoms with E-state index in [4.69, 9.17) is 10.2 Å². The van der Waals surface area contributed by atoms with Crippen LogP contribution in [0.15, 0.2) is 0 Å². The zero-order chi connectivity index (χ0) is 10.1. The maximum Gasteiger partial charge on any atom is 0.227 e. The number of carbonyl (C=O) groups excluding carboxylic acids is 2. The molecule has 0 aromatic rings. The zero-order valence-electron chi connectivity index (χ0n) is 7.45. The Labute approximate surface area is 76.8 Å². The maximum atomic E-state index is 10.1. The summed E-state index contributed by atoms with van der Waals surface area (Å²) in [5.41, 5.74) is 0. The quantitative estimate of drug-likeness (QED) is 0.399. The molecule has 1 heterocycles. The summed E-state index contributed by atoms with van der Waals surface area (Å²) >= 11 is 0. The van der Waals surface area contributed by atoms with Crippen LogP contribution in [0, 0.1) is 0 Å². The Morgan fingerprint density at radius 2 is 1.38 bits per heavy atom. The minimum absolute atomic E-state index is 0.148. The number of hydrogen-bond acceptors (Lipinski definition) is 4. The molecule has 76 valence electrons. The normalized spacial score (nSPS) is 14.9. The van der Waals surface area contributed by atoms with Crippen molar-refractivity contribution in [3.63, 3.8) is 0 Å². The number of hydrogen-bond donors (Lipinski definition) is 3. The van der Waals surface area contributed by atoms with Crippen molar-refractivity contribution in [3.8, 4) is 0 Å². The third kappa shape index (κ3) is 7.42. The van der Waals surface area contributed by atoms with Crippen molar-refractivity contribution in [2.75, 3.05) is 13.2 Å². The second-order valence-corrected chi connectivity index (χ2v) is 2.63. The van der Waals surface area contributed by atoms with Crippen molar-refractivity contribution in [1.29, 1.82) is 0 Å². The van der Waals surface area contributed by atoms with E-state index < -0.39 is 0 Å². The van der Waals surface area contributed by atoms with Gasteiger partial charge < -0.3 is 10.2 Å². The van der Waals surface area contributed by atoms with Gasteiger partial charge in [-0.1, -0.05) is 0 Å². The Balaban J connectivity index is 0.000000226. The van der Waals surface area contributed by atoms with E-state index >= 15 is 0 Å². The van der Waals surface area contributed by atoms with Crippen LogP contribution in [0.2, 0.25) is 0 Å². The van der Waals surface area contributed by atoms with Gasteiger partial charge in [-0.25, -0.2) is 0 Å². The standard InChI is InChI=1S/C4H5NO2.C4H10O2/c6-3-1-2-4(7)5-3;5-3-1-2-4-6/h1-2H2,(H,5,6,7);5-6H,1-4H2. The molecule has 0 radical (unpaired) electrons. The number of nitrogens with one attached hydrogen (secondary N) is 1. The summed E-state index contributed by atoms with van der Waals surface area (Å²) in [5, 5.41) is 18.3. The van der Waals surface area contributed by atoms with Crippen LogP contribution in [0.1, 0.15) is 25.7 Å². The summed E-state index contributed by atoms with van der Waals surface area (Å²) in [4.78, 5) is 20.2. The van der Waals surface area contributed by atoms with Crippen LogP contribution in [-0.2, 0) is 9.59 Å². The van der Waals surface area contributed by atoms with Gasteiger partial charge in [-0.2, -0.15) is 0 Å². The molecule has 1 rings (SSSR count). The van der Waals surface area contributed by atoms with Gasteiger partial charge in [0.15, 0.2) is 0 Å². The van der Waals surface area contributed by atoms with Crippen molar-refractivity contribution >= 4 is 11.8 Å². The summed E-state index contributed by atoms with van der Waals surface area (Å²) < 4.78 is 0. The first-order chi connectivity index (χ1) is 6.20. The fourth-order valence-electron chi connectivity index (χ4n) is 0.731. The summed E-state index contributed by atoms with van der Waals surface area (Å²) in [7, 11) is 0. The molecule has 1 fully saturated rings. The highest BCUT2D eigenvalue weighted by atomic mass is 16.3. The van der Waals surface area contributed by atoms with Crippen LogP contribution < -0.4 is 5.32 Å². The molecule has 0 saturated carbocycles. The van der Waals surface area contributed by atoms with E-state index in [1.807, 2.05) is 0 Å². The first-order valence-electron chi connectivity index (χ1n) is 4.25. The molecule has 0 aliphatic carbocycles. The van der Waals surface area contributed by atoms with Crippen LogP contribution in [-0.4, -0.2) is 35.2 Å². The summed E-state index contributed by atoms with van der Waals surface area (Å²) in [5.74, 6) is -0.296. The molecule has 1 aliphatic heterocycles. The molecule has 0 aromatic carbocycles. The molecule has 1 saturated heterocycles. The van der Waals surface area contributed by atoms with E-state index in [1.165, 1.54) is 0 Å². The van der Waals surface area contributed by atoms with Crippen LogP contribution >= 0.6 is 0 Å². The zero-order valence-corrected chi connectivity index (χ0v) is 7.45. The van der Waals surface area contributed by atoms with E-state index in [0.717, 1.165) is 12.8 Å². The average molecular weight is 189 g/mol. The lowest BCUT2D eigenvalue weighted by Gasteiger charge is -1.85. The second-order valence-electron chi connectivity index (χ2n) is 2.63. The lowest BCUT2D eigenvalue weighted by Crippen LogP contribution is -2.18. The molecular formula is C8H15NO4. The fraction of sp³-hybridized carbons (Fsp3) is 0.750. The van der Waals surface area contributed by atoms with Crippen LogP contribution in [0.5, 0.6) is 0 Å². The van der Waals surface area contributed by atoms with Gasteiger partial charge in [-0.3, -0.25) is 14.9 Å². The predicted molar refractivity (Wildman–Crippen MR) is 45.8 cm³/mol. The third-order valence-corrected chi connectivity index (χ3v) is 1.42. The summed E-state index contributed by atoms with van der Waals surface area (Å²) in [6.07, 6.45) is 2.19. The highest BCUT2D eigenvalue weighted by Crippen LogP contribution is 1.95. The molecule has 0 unspecified atom stereocenters. The van der Waals surface area contributed by atoms with Gasteiger partial charge >= 0.3 is 0 Å².